The van der Waals surface area contributed by atoms with E-state index in [-0.39, 0.29) is 6.03 Å². The lowest BCUT2D eigenvalue weighted by atomic mass is 10.0. The highest BCUT2D eigenvalue weighted by Gasteiger charge is 2.27. The van der Waals surface area contributed by atoms with Crippen LogP contribution in [-0.4, -0.2) is 60.4 Å². The van der Waals surface area contributed by atoms with Gasteiger partial charge in [0.2, 0.25) is 0 Å². The Morgan fingerprint density at radius 1 is 1.05 bits per heavy atom. The molecule has 0 unspecified atom stereocenters. The van der Waals surface area contributed by atoms with Crippen LogP contribution >= 0.6 is 0 Å². The molecule has 1 saturated heterocycles. The van der Waals surface area contributed by atoms with Crippen LogP contribution in [0.3, 0.4) is 0 Å². The number of rotatable bonds is 5. The van der Waals surface area contributed by atoms with Crippen molar-refractivity contribution in [2.75, 3.05) is 54.5 Å². The highest BCUT2D eigenvalue weighted by molar-refractivity contribution is 5.89. The van der Waals surface area contributed by atoms with Gasteiger partial charge in [-0.3, -0.25) is 0 Å². The normalized spacial score (nSPS) is 14.5. The van der Waals surface area contributed by atoms with E-state index in [1.165, 1.54) is 5.56 Å². The summed E-state index contributed by atoms with van der Waals surface area (Å²) < 4.78 is 5.57. The second-order valence-electron chi connectivity index (χ2n) is 8.65. The minimum Gasteiger partial charge on any atom is -0.378 e. The molecule has 0 bridgehead atoms. The lowest BCUT2D eigenvalue weighted by Gasteiger charge is -2.34. The monoisotopic (exact) mass is 514 g/mol. The minimum absolute atomic E-state index is 0.235. The molecule has 10 heteroatoms. The van der Waals surface area contributed by atoms with Crippen molar-refractivity contribution in [3.8, 4) is 17.5 Å². The third kappa shape index (κ3) is 6.18. The number of amides is 2. The number of anilines is 3. The molecule has 198 valence electrons. The zero-order valence-corrected chi connectivity index (χ0v) is 22.2. The number of urea groups is 1. The van der Waals surface area contributed by atoms with Crippen LogP contribution in [0, 0.1) is 11.3 Å². The van der Waals surface area contributed by atoms with Crippen LogP contribution in [0.15, 0.2) is 42.6 Å². The predicted octanol–water partition coefficient (Wildman–Crippen LogP) is 3.98. The van der Waals surface area contributed by atoms with Gasteiger partial charge < -0.3 is 25.2 Å². The van der Waals surface area contributed by atoms with E-state index in [0.717, 1.165) is 48.9 Å². The summed E-state index contributed by atoms with van der Waals surface area (Å²) in [6.45, 7) is 10.8. The number of fused-ring (bicyclic) bond motifs is 1. The van der Waals surface area contributed by atoms with Gasteiger partial charge in [-0.25, -0.2) is 19.7 Å². The van der Waals surface area contributed by atoms with Crippen molar-refractivity contribution in [1.82, 2.24) is 20.3 Å². The van der Waals surface area contributed by atoms with E-state index >= 15 is 0 Å². The molecule has 0 radical (unpaired) electrons. The largest absolute Gasteiger partial charge is 0.378 e. The van der Waals surface area contributed by atoms with Crippen LogP contribution in [-0.2, 0) is 17.7 Å². The molecule has 1 aromatic carbocycles. The van der Waals surface area contributed by atoms with E-state index in [2.05, 4.69) is 31.5 Å². The molecule has 0 saturated carbocycles. The summed E-state index contributed by atoms with van der Waals surface area (Å²) in [7, 11) is 0. The smallest absolute Gasteiger partial charge is 0.319 e. The predicted molar refractivity (Wildman–Crippen MR) is 148 cm³/mol. The number of nitrogens with one attached hydrogen (secondary N) is 2. The zero-order valence-electron chi connectivity index (χ0n) is 22.2. The van der Waals surface area contributed by atoms with Gasteiger partial charge in [0.25, 0.3) is 0 Å². The third-order valence-electron chi connectivity index (χ3n) is 6.29. The highest BCUT2D eigenvalue weighted by Crippen LogP contribution is 2.31. The molecular formula is C28H34N8O2. The van der Waals surface area contributed by atoms with Crippen molar-refractivity contribution >= 4 is 23.4 Å². The van der Waals surface area contributed by atoms with E-state index in [9.17, 15) is 4.79 Å². The van der Waals surface area contributed by atoms with Gasteiger partial charge in [-0.1, -0.05) is 13.8 Å². The molecule has 0 aliphatic carbocycles. The lowest BCUT2D eigenvalue weighted by molar-refractivity contribution is 0.122. The Balaban J connectivity index is 0.00000164. The van der Waals surface area contributed by atoms with Crippen molar-refractivity contribution in [1.29, 1.82) is 5.26 Å². The number of aromatic nitrogens is 3. The maximum atomic E-state index is 11.8. The fraction of sp³-hybridized carbons (Fsp3) is 0.393. The Bertz CT molecular complexity index is 1270. The fourth-order valence-corrected chi connectivity index (χ4v) is 4.45. The van der Waals surface area contributed by atoms with Crippen LogP contribution in [0.4, 0.5) is 22.1 Å². The summed E-state index contributed by atoms with van der Waals surface area (Å²) in [6.07, 6.45) is 2.41. The number of ether oxygens (including phenoxy) is 1. The molecule has 2 aliphatic rings. The Morgan fingerprint density at radius 3 is 2.47 bits per heavy atom. The topological polar surface area (TPSA) is 119 Å². The summed E-state index contributed by atoms with van der Waals surface area (Å²) in [5.41, 5.74) is 4.26. The van der Waals surface area contributed by atoms with Gasteiger partial charge >= 0.3 is 6.03 Å². The van der Waals surface area contributed by atoms with E-state index < -0.39 is 0 Å². The third-order valence-corrected chi connectivity index (χ3v) is 6.29. The summed E-state index contributed by atoms with van der Waals surface area (Å²) in [4.78, 5) is 30.8. The Morgan fingerprint density at radius 2 is 1.82 bits per heavy atom. The molecule has 2 amide bonds. The number of hydrogen-bond acceptors (Lipinski definition) is 8. The Labute approximate surface area is 223 Å². The SMILES string of the molecule is CC.CCNC(=O)Nc1ccc(-c2nc3c(c(N4CCOCC4)n2)CCN(c2ccc(C#N)cn2)C3)cc1. The first-order valence-corrected chi connectivity index (χ1v) is 13.1. The van der Waals surface area contributed by atoms with Crippen LogP contribution in [0.2, 0.25) is 0 Å². The molecule has 4 heterocycles. The highest BCUT2D eigenvalue weighted by atomic mass is 16.5. The molecule has 2 aliphatic heterocycles. The first kappa shape index (κ1) is 26.8. The molecule has 0 atom stereocenters. The van der Waals surface area contributed by atoms with E-state index in [0.29, 0.717) is 43.4 Å². The Kier molecular flexibility index (Phi) is 9.06. The van der Waals surface area contributed by atoms with Crippen molar-refractivity contribution in [2.45, 2.75) is 33.7 Å². The molecule has 10 nitrogen and oxygen atoms in total. The van der Waals surface area contributed by atoms with Crippen LogP contribution in [0.5, 0.6) is 0 Å². The van der Waals surface area contributed by atoms with Gasteiger partial charge in [0, 0.05) is 49.2 Å². The van der Waals surface area contributed by atoms with E-state index in [1.54, 1.807) is 12.3 Å². The number of carbonyl (C=O) groups is 1. The number of morpholine rings is 1. The van der Waals surface area contributed by atoms with Crippen molar-refractivity contribution in [2.24, 2.45) is 0 Å². The van der Waals surface area contributed by atoms with Gasteiger partial charge in [-0.15, -0.1) is 0 Å². The summed E-state index contributed by atoms with van der Waals surface area (Å²) in [5, 5.41) is 14.6. The standard InChI is InChI=1S/C26H28N8O2.C2H6/c1-2-28-26(35)30-20-6-4-19(5-7-20)24-31-22-17-34(23-8-3-18(15-27)16-29-23)10-9-21(22)25(32-24)33-11-13-36-14-12-33;1-2/h3-8,16H,2,9-14,17H2,1H3,(H2,28,30,35);1-2H3. The van der Waals surface area contributed by atoms with Gasteiger partial charge in [0.15, 0.2) is 5.82 Å². The maximum absolute atomic E-state index is 11.8. The zero-order chi connectivity index (χ0) is 26.9. The minimum atomic E-state index is -0.235. The second kappa shape index (κ2) is 12.8. The number of nitriles is 1. The number of pyridine rings is 1. The fourth-order valence-electron chi connectivity index (χ4n) is 4.45. The Hall–Kier alpha value is -4.23. The molecule has 38 heavy (non-hydrogen) atoms. The molecule has 0 spiro atoms. The molecule has 1 fully saturated rings. The number of hydrogen-bond donors (Lipinski definition) is 2. The summed E-state index contributed by atoms with van der Waals surface area (Å²) >= 11 is 0. The number of nitrogens with zero attached hydrogens (tertiary/aromatic N) is 6. The van der Waals surface area contributed by atoms with Crippen molar-refractivity contribution < 1.29 is 9.53 Å². The van der Waals surface area contributed by atoms with Crippen LogP contribution < -0.4 is 20.4 Å². The quantitative estimate of drug-likeness (QED) is 0.525. The van der Waals surface area contributed by atoms with Crippen molar-refractivity contribution in [3.63, 3.8) is 0 Å². The molecule has 2 aromatic heterocycles. The maximum Gasteiger partial charge on any atom is 0.319 e. The average molecular weight is 515 g/mol. The molecule has 2 N–H and O–H groups in total. The number of carbonyl (C=O) groups excluding carboxylic acids is 1. The summed E-state index contributed by atoms with van der Waals surface area (Å²) in [5.74, 6) is 2.44. The first-order chi connectivity index (χ1) is 18.6. The van der Waals surface area contributed by atoms with Gasteiger partial charge in [0.05, 0.1) is 31.0 Å². The van der Waals surface area contributed by atoms with Crippen LogP contribution in [0.1, 0.15) is 37.6 Å². The molecule has 5 rings (SSSR count). The van der Waals surface area contributed by atoms with E-state index in [4.69, 9.17) is 20.0 Å². The lowest BCUT2D eigenvalue weighted by Crippen LogP contribution is -2.39. The van der Waals surface area contributed by atoms with Gasteiger partial charge in [-0.05, 0) is 49.7 Å². The molecule has 3 aromatic rings. The second-order valence-corrected chi connectivity index (χ2v) is 8.65. The van der Waals surface area contributed by atoms with Crippen LogP contribution in [0.25, 0.3) is 11.4 Å². The van der Waals surface area contributed by atoms with Gasteiger partial charge in [-0.2, -0.15) is 5.26 Å². The first-order valence-electron chi connectivity index (χ1n) is 13.1. The molecular weight excluding hydrogens is 480 g/mol. The summed E-state index contributed by atoms with van der Waals surface area (Å²) in [6, 6.07) is 13.1. The van der Waals surface area contributed by atoms with Gasteiger partial charge in [0.1, 0.15) is 17.7 Å². The van der Waals surface area contributed by atoms with E-state index in [1.807, 2.05) is 51.1 Å². The number of benzene rings is 1. The average Bonchev–Trinajstić information content (AvgIpc) is 2.98. The van der Waals surface area contributed by atoms with Crippen molar-refractivity contribution in [3.05, 3.63) is 59.4 Å².